The fourth-order valence-electron chi connectivity index (χ4n) is 3.08. The van der Waals surface area contributed by atoms with E-state index in [-0.39, 0.29) is 17.4 Å². The quantitative estimate of drug-likeness (QED) is 0.306. The number of nitrogens with zero attached hydrogens (tertiary/aromatic N) is 1. The summed E-state index contributed by atoms with van der Waals surface area (Å²) in [6, 6.07) is 18.0. The van der Waals surface area contributed by atoms with Crippen molar-refractivity contribution in [3.05, 3.63) is 92.7 Å². The summed E-state index contributed by atoms with van der Waals surface area (Å²) in [4.78, 5) is 16.6. The van der Waals surface area contributed by atoms with Crippen molar-refractivity contribution in [1.82, 2.24) is 10.3 Å². The first kappa shape index (κ1) is 22.6. The van der Waals surface area contributed by atoms with Crippen LogP contribution >= 0.6 is 47.0 Å². The third-order valence-corrected chi connectivity index (χ3v) is 5.51. The normalized spacial score (nSPS) is 10.8. The van der Waals surface area contributed by atoms with Gasteiger partial charge in [0.1, 0.15) is 5.52 Å². The van der Waals surface area contributed by atoms with E-state index in [1.165, 1.54) is 0 Å². The largest absolute Gasteiger partial charge is 0.439 e. The molecular weight excluding hydrogens is 489 g/mol. The van der Waals surface area contributed by atoms with Gasteiger partial charge in [-0.2, -0.15) is 0 Å². The Morgan fingerprint density at radius 2 is 1.62 bits per heavy atom. The molecule has 0 fully saturated rings. The van der Waals surface area contributed by atoms with Crippen LogP contribution < -0.4 is 10.6 Å². The van der Waals surface area contributed by atoms with Crippen molar-refractivity contribution in [1.29, 1.82) is 0 Å². The number of amides is 1. The molecule has 0 saturated heterocycles. The zero-order valence-corrected chi connectivity index (χ0v) is 19.6. The summed E-state index contributed by atoms with van der Waals surface area (Å²) in [5.74, 6) is 0.325. The maximum absolute atomic E-state index is 12.2. The minimum Gasteiger partial charge on any atom is -0.439 e. The lowest BCUT2D eigenvalue weighted by Crippen LogP contribution is -2.35. The number of oxazole rings is 1. The maximum Gasteiger partial charge on any atom is 0.230 e. The first-order valence-electron chi connectivity index (χ1n) is 9.54. The second kappa shape index (κ2) is 9.88. The van der Waals surface area contributed by atoms with Gasteiger partial charge in [0.2, 0.25) is 5.91 Å². The second-order valence-electron chi connectivity index (χ2n) is 7.02. The summed E-state index contributed by atoms with van der Waals surface area (Å²) >= 11 is 23.3. The zero-order valence-electron chi connectivity index (χ0n) is 16.5. The van der Waals surface area contributed by atoms with Crippen LogP contribution in [0.2, 0.25) is 15.1 Å². The summed E-state index contributed by atoms with van der Waals surface area (Å²) in [5.41, 5.74) is 3.72. The molecule has 4 aromatic rings. The van der Waals surface area contributed by atoms with E-state index in [0.29, 0.717) is 38.5 Å². The van der Waals surface area contributed by atoms with Crippen molar-refractivity contribution < 1.29 is 9.21 Å². The molecule has 3 aromatic carbocycles. The first-order valence-corrected chi connectivity index (χ1v) is 11.1. The summed E-state index contributed by atoms with van der Waals surface area (Å²) in [5, 5.41) is 7.46. The Morgan fingerprint density at radius 3 is 2.34 bits per heavy atom. The number of halogens is 3. The van der Waals surface area contributed by atoms with Crippen LogP contribution in [-0.2, 0) is 17.6 Å². The SMILES string of the molecule is O=C(Cc1ccc(Cl)cc1)NC(=S)Nc1ccc(Cc2nc3cc(Cl)cc(Cl)c3o2)cc1. The molecule has 0 aliphatic heterocycles. The van der Waals surface area contributed by atoms with Gasteiger partial charge in [0.15, 0.2) is 16.6 Å². The third kappa shape index (κ3) is 5.78. The molecule has 5 nitrogen and oxygen atoms in total. The number of rotatable bonds is 5. The van der Waals surface area contributed by atoms with Gasteiger partial charge in [0.25, 0.3) is 0 Å². The molecule has 2 N–H and O–H groups in total. The minimum absolute atomic E-state index is 0.206. The van der Waals surface area contributed by atoms with E-state index in [2.05, 4.69) is 15.6 Å². The lowest BCUT2D eigenvalue weighted by Gasteiger charge is -2.10. The average molecular weight is 505 g/mol. The summed E-state index contributed by atoms with van der Waals surface area (Å²) in [7, 11) is 0. The number of hydrogen-bond acceptors (Lipinski definition) is 4. The van der Waals surface area contributed by atoms with Crippen LogP contribution in [0.25, 0.3) is 11.1 Å². The summed E-state index contributed by atoms with van der Waals surface area (Å²) in [6.45, 7) is 0. The van der Waals surface area contributed by atoms with Crippen molar-refractivity contribution in [2.45, 2.75) is 12.8 Å². The van der Waals surface area contributed by atoms with E-state index in [1.54, 1.807) is 36.4 Å². The Labute approximate surface area is 204 Å². The molecule has 0 aliphatic rings. The predicted octanol–water partition coefficient (Wildman–Crippen LogP) is 6.43. The molecule has 0 unspecified atom stereocenters. The van der Waals surface area contributed by atoms with Crippen molar-refractivity contribution in [3.8, 4) is 0 Å². The lowest BCUT2D eigenvalue weighted by atomic mass is 10.1. The van der Waals surface area contributed by atoms with Crippen molar-refractivity contribution in [2.24, 2.45) is 0 Å². The average Bonchev–Trinajstić information content (AvgIpc) is 3.13. The van der Waals surface area contributed by atoms with Crippen LogP contribution in [0, 0.1) is 0 Å². The Morgan fingerprint density at radius 1 is 0.938 bits per heavy atom. The Bertz CT molecular complexity index is 1290. The van der Waals surface area contributed by atoms with E-state index >= 15 is 0 Å². The van der Waals surface area contributed by atoms with E-state index in [4.69, 9.17) is 51.4 Å². The highest BCUT2D eigenvalue weighted by Crippen LogP contribution is 2.29. The van der Waals surface area contributed by atoms with Crippen LogP contribution in [0.1, 0.15) is 17.0 Å². The van der Waals surface area contributed by atoms with Gasteiger partial charge < -0.3 is 15.1 Å². The molecule has 0 radical (unpaired) electrons. The Hall–Kier alpha value is -2.64. The standard InChI is InChI=1S/C23H16Cl3N3O2S/c24-15-5-1-13(2-6-15)9-20(30)29-23(32)27-17-7-3-14(4-8-17)10-21-28-19-12-16(25)11-18(26)22(19)31-21/h1-8,11-12H,9-10H2,(H2,27,29,30,32). The molecule has 0 saturated carbocycles. The molecule has 0 spiro atoms. The molecule has 162 valence electrons. The molecule has 32 heavy (non-hydrogen) atoms. The fourth-order valence-corrected chi connectivity index (χ4v) is 3.96. The number of carbonyl (C=O) groups is 1. The van der Waals surface area contributed by atoms with Crippen molar-refractivity contribution in [3.63, 3.8) is 0 Å². The molecule has 1 heterocycles. The van der Waals surface area contributed by atoms with Crippen molar-refractivity contribution in [2.75, 3.05) is 5.32 Å². The van der Waals surface area contributed by atoms with E-state index in [9.17, 15) is 4.79 Å². The van der Waals surface area contributed by atoms with Gasteiger partial charge in [-0.25, -0.2) is 4.98 Å². The number of carbonyl (C=O) groups excluding carboxylic acids is 1. The van der Waals surface area contributed by atoms with E-state index < -0.39 is 0 Å². The highest BCUT2D eigenvalue weighted by Gasteiger charge is 2.11. The lowest BCUT2D eigenvalue weighted by molar-refractivity contribution is -0.119. The molecule has 1 aromatic heterocycles. The Kier molecular flexibility index (Phi) is 6.96. The first-order chi connectivity index (χ1) is 15.4. The smallest absolute Gasteiger partial charge is 0.230 e. The van der Waals surface area contributed by atoms with Gasteiger partial charge >= 0.3 is 0 Å². The van der Waals surface area contributed by atoms with Gasteiger partial charge in [-0.1, -0.05) is 59.1 Å². The van der Waals surface area contributed by atoms with Crippen LogP contribution in [0.15, 0.2) is 65.1 Å². The number of aromatic nitrogens is 1. The van der Waals surface area contributed by atoms with Crippen LogP contribution in [-0.4, -0.2) is 16.0 Å². The number of hydrogen-bond donors (Lipinski definition) is 2. The van der Waals surface area contributed by atoms with Gasteiger partial charge in [-0.05, 0) is 59.7 Å². The molecule has 0 aliphatic carbocycles. The molecule has 4 rings (SSSR count). The Balaban J connectivity index is 1.33. The highest BCUT2D eigenvalue weighted by molar-refractivity contribution is 7.80. The van der Waals surface area contributed by atoms with Gasteiger partial charge in [0, 0.05) is 22.2 Å². The summed E-state index contributed by atoms with van der Waals surface area (Å²) in [6.07, 6.45) is 0.697. The van der Waals surface area contributed by atoms with Crippen molar-refractivity contribution >= 4 is 74.8 Å². The minimum atomic E-state index is -0.212. The van der Waals surface area contributed by atoms with Crippen LogP contribution in [0.5, 0.6) is 0 Å². The van der Waals surface area contributed by atoms with E-state index in [1.807, 2.05) is 24.3 Å². The zero-order chi connectivity index (χ0) is 22.7. The fraction of sp³-hybridized carbons (Fsp3) is 0.0870. The number of nitrogens with one attached hydrogen (secondary N) is 2. The summed E-state index contributed by atoms with van der Waals surface area (Å²) < 4.78 is 5.76. The number of anilines is 1. The van der Waals surface area contributed by atoms with Gasteiger partial charge in [-0.3, -0.25) is 4.79 Å². The molecule has 0 bridgehead atoms. The predicted molar refractivity (Wildman–Crippen MR) is 133 cm³/mol. The van der Waals surface area contributed by atoms with E-state index in [0.717, 1.165) is 16.8 Å². The molecular formula is C23H16Cl3N3O2S. The highest BCUT2D eigenvalue weighted by atomic mass is 35.5. The topological polar surface area (TPSA) is 67.2 Å². The molecule has 0 atom stereocenters. The van der Waals surface area contributed by atoms with Gasteiger partial charge in [0.05, 0.1) is 11.4 Å². The number of benzene rings is 3. The van der Waals surface area contributed by atoms with Crippen LogP contribution in [0.3, 0.4) is 0 Å². The second-order valence-corrected chi connectivity index (χ2v) is 8.71. The van der Waals surface area contributed by atoms with Gasteiger partial charge in [-0.15, -0.1) is 0 Å². The number of thiocarbonyl (C=S) groups is 1. The maximum atomic E-state index is 12.2. The van der Waals surface area contributed by atoms with Crippen LogP contribution in [0.4, 0.5) is 5.69 Å². The molecule has 9 heteroatoms. The third-order valence-electron chi connectivity index (χ3n) is 4.55. The monoisotopic (exact) mass is 503 g/mol. The molecule has 1 amide bonds. The number of fused-ring (bicyclic) bond motifs is 1.